The van der Waals surface area contributed by atoms with Gasteiger partial charge in [-0.2, -0.15) is 0 Å². The molecular weight excluding hydrogens is 248 g/mol. The predicted octanol–water partition coefficient (Wildman–Crippen LogP) is 2.20. The van der Waals surface area contributed by atoms with E-state index in [1.54, 1.807) is 0 Å². The van der Waals surface area contributed by atoms with E-state index in [1.165, 1.54) is 18.3 Å². The van der Waals surface area contributed by atoms with Crippen molar-refractivity contribution in [3.63, 3.8) is 0 Å². The number of nitrogens with zero attached hydrogens (tertiary/aromatic N) is 1. The Balaban J connectivity index is 3.04. The summed E-state index contributed by atoms with van der Waals surface area (Å²) in [6.45, 7) is 5.57. The average Bonchev–Trinajstić information content (AvgIpc) is 2.16. The molecule has 0 aliphatic heterocycles. The first-order valence-corrected chi connectivity index (χ1v) is 6.78. The van der Waals surface area contributed by atoms with E-state index in [0.717, 1.165) is 0 Å². The molecule has 0 fully saturated rings. The average molecular weight is 263 g/mol. The van der Waals surface area contributed by atoms with Gasteiger partial charge in [0.1, 0.15) is 5.15 Å². The lowest BCUT2D eigenvalue weighted by atomic mass is 10.0. The maximum Gasteiger partial charge on any atom is 0.241 e. The third kappa shape index (κ3) is 3.43. The molecule has 1 rings (SSSR count). The van der Waals surface area contributed by atoms with Crippen LogP contribution in [0, 0.1) is 0 Å². The number of hydrogen-bond acceptors (Lipinski definition) is 3. The largest absolute Gasteiger partial charge is 0.244 e. The summed E-state index contributed by atoms with van der Waals surface area (Å²) in [5, 5.41) is 0.164. The van der Waals surface area contributed by atoms with E-state index in [9.17, 15) is 8.42 Å². The van der Waals surface area contributed by atoms with Gasteiger partial charge in [0.25, 0.3) is 0 Å². The second kappa shape index (κ2) is 4.69. The summed E-state index contributed by atoms with van der Waals surface area (Å²) in [5.74, 6) is 0. The Morgan fingerprint density at radius 1 is 1.50 bits per heavy atom. The molecule has 1 heterocycles. The number of pyridine rings is 1. The van der Waals surface area contributed by atoms with Crippen LogP contribution < -0.4 is 4.72 Å². The monoisotopic (exact) mass is 262 g/mol. The number of hydrogen-bond donors (Lipinski definition) is 1. The van der Waals surface area contributed by atoms with Crippen LogP contribution in [-0.2, 0) is 10.0 Å². The molecule has 90 valence electrons. The Kier molecular flexibility index (Phi) is 3.93. The molecule has 1 N–H and O–H groups in total. The molecule has 0 atom stereocenters. The first-order valence-electron chi connectivity index (χ1n) is 4.92. The maximum absolute atomic E-state index is 12.0. The van der Waals surface area contributed by atoms with Crippen LogP contribution in [0.3, 0.4) is 0 Å². The molecule has 4 nitrogen and oxygen atoms in total. The summed E-state index contributed by atoms with van der Waals surface area (Å²) in [7, 11) is -3.53. The van der Waals surface area contributed by atoms with Crippen molar-refractivity contribution in [2.75, 3.05) is 0 Å². The van der Waals surface area contributed by atoms with Gasteiger partial charge in [-0.15, -0.1) is 0 Å². The van der Waals surface area contributed by atoms with Gasteiger partial charge in [0.05, 0.1) is 4.90 Å². The molecule has 0 saturated carbocycles. The minimum absolute atomic E-state index is 0.133. The molecule has 0 bridgehead atoms. The molecule has 1 aromatic heterocycles. The zero-order valence-electron chi connectivity index (χ0n) is 9.49. The molecule has 0 aromatic carbocycles. The molecule has 0 unspecified atom stereocenters. The van der Waals surface area contributed by atoms with Crippen molar-refractivity contribution in [3.8, 4) is 0 Å². The normalized spacial score (nSPS) is 12.8. The highest BCUT2D eigenvalue weighted by Gasteiger charge is 2.24. The van der Waals surface area contributed by atoms with Crippen molar-refractivity contribution in [1.29, 1.82) is 0 Å². The van der Waals surface area contributed by atoms with E-state index in [4.69, 9.17) is 11.6 Å². The first-order chi connectivity index (χ1) is 7.27. The number of nitrogens with one attached hydrogen (secondary N) is 1. The van der Waals surface area contributed by atoms with Crippen LogP contribution >= 0.6 is 11.6 Å². The van der Waals surface area contributed by atoms with Crippen LogP contribution in [0.5, 0.6) is 0 Å². The second-order valence-electron chi connectivity index (χ2n) is 4.16. The smallest absolute Gasteiger partial charge is 0.241 e. The van der Waals surface area contributed by atoms with Crippen molar-refractivity contribution in [2.24, 2.45) is 0 Å². The quantitative estimate of drug-likeness (QED) is 0.847. The molecule has 0 aliphatic carbocycles. The molecule has 6 heteroatoms. The van der Waals surface area contributed by atoms with E-state index in [0.29, 0.717) is 6.42 Å². The zero-order chi connectivity index (χ0) is 12.4. The van der Waals surface area contributed by atoms with Gasteiger partial charge >= 0.3 is 0 Å². The van der Waals surface area contributed by atoms with E-state index >= 15 is 0 Å². The summed E-state index contributed by atoms with van der Waals surface area (Å²) in [4.78, 5) is 3.88. The highest BCUT2D eigenvalue weighted by Crippen LogP contribution is 2.17. The fourth-order valence-electron chi connectivity index (χ4n) is 1.05. The number of rotatable bonds is 4. The molecular formula is C10H15ClN2O2S. The number of sulfonamides is 1. The summed E-state index contributed by atoms with van der Waals surface area (Å²) in [6, 6.07) is 2.75. The molecule has 0 aliphatic rings. The molecule has 16 heavy (non-hydrogen) atoms. The van der Waals surface area contributed by atoms with Crippen LogP contribution in [0.4, 0.5) is 0 Å². The summed E-state index contributed by atoms with van der Waals surface area (Å²) in [6.07, 6.45) is 2.07. The number of aromatic nitrogens is 1. The topological polar surface area (TPSA) is 59.1 Å². The standard InChI is InChI=1S/C10H15ClN2O2S/c1-4-10(2,3)13-16(14,15)8-5-6-12-9(11)7-8/h5-7,13H,4H2,1-3H3. The number of halogens is 1. The molecule has 0 spiro atoms. The predicted molar refractivity (Wildman–Crippen MR) is 63.9 cm³/mol. The zero-order valence-corrected chi connectivity index (χ0v) is 11.1. The van der Waals surface area contributed by atoms with Crippen LogP contribution in [-0.4, -0.2) is 18.9 Å². The Bertz CT molecular complexity index is 471. The van der Waals surface area contributed by atoms with E-state index < -0.39 is 15.6 Å². The van der Waals surface area contributed by atoms with E-state index in [1.807, 2.05) is 20.8 Å². The Morgan fingerprint density at radius 2 is 2.12 bits per heavy atom. The SMILES string of the molecule is CCC(C)(C)NS(=O)(=O)c1ccnc(Cl)c1. The van der Waals surface area contributed by atoms with Crippen molar-refractivity contribution < 1.29 is 8.42 Å². The van der Waals surface area contributed by atoms with Gasteiger partial charge in [0.15, 0.2) is 0 Å². The van der Waals surface area contributed by atoms with Crippen molar-refractivity contribution in [1.82, 2.24) is 9.71 Å². The summed E-state index contributed by atoms with van der Waals surface area (Å²) >= 11 is 5.65. The summed E-state index contributed by atoms with van der Waals surface area (Å²) < 4.78 is 26.5. The van der Waals surface area contributed by atoms with Gasteiger partial charge in [0.2, 0.25) is 10.0 Å². The third-order valence-electron chi connectivity index (χ3n) is 2.30. The Labute approximate surface area is 101 Å². The molecule has 0 amide bonds. The first kappa shape index (κ1) is 13.4. The van der Waals surface area contributed by atoms with E-state index in [2.05, 4.69) is 9.71 Å². The van der Waals surface area contributed by atoms with Crippen molar-refractivity contribution >= 4 is 21.6 Å². The maximum atomic E-state index is 12.0. The molecule has 0 saturated heterocycles. The van der Waals surface area contributed by atoms with Crippen LogP contribution in [0.2, 0.25) is 5.15 Å². The van der Waals surface area contributed by atoms with Gasteiger partial charge in [-0.05, 0) is 32.4 Å². The molecule has 1 aromatic rings. The van der Waals surface area contributed by atoms with Gasteiger partial charge in [-0.1, -0.05) is 18.5 Å². The molecule has 0 radical (unpaired) electrons. The van der Waals surface area contributed by atoms with Gasteiger partial charge in [-0.25, -0.2) is 18.1 Å². The summed E-state index contributed by atoms with van der Waals surface area (Å²) in [5.41, 5.74) is -0.478. The highest BCUT2D eigenvalue weighted by molar-refractivity contribution is 7.89. The fraction of sp³-hybridized carbons (Fsp3) is 0.500. The van der Waals surface area contributed by atoms with Gasteiger partial charge in [-0.3, -0.25) is 0 Å². The van der Waals surface area contributed by atoms with Crippen LogP contribution in [0.1, 0.15) is 27.2 Å². The van der Waals surface area contributed by atoms with Crippen molar-refractivity contribution in [3.05, 3.63) is 23.5 Å². The minimum atomic E-state index is -3.53. The van der Waals surface area contributed by atoms with Gasteiger partial charge < -0.3 is 0 Å². The van der Waals surface area contributed by atoms with Crippen LogP contribution in [0.25, 0.3) is 0 Å². The second-order valence-corrected chi connectivity index (χ2v) is 6.23. The van der Waals surface area contributed by atoms with Crippen LogP contribution in [0.15, 0.2) is 23.2 Å². The highest BCUT2D eigenvalue weighted by atomic mass is 35.5. The lowest BCUT2D eigenvalue weighted by Crippen LogP contribution is -2.42. The minimum Gasteiger partial charge on any atom is -0.244 e. The Hall–Kier alpha value is -0.650. The lowest BCUT2D eigenvalue weighted by Gasteiger charge is -2.24. The lowest BCUT2D eigenvalue weighted by molar-refractivity contribution is 0.439. The Morgan fingerprint density at radius 3 is 2.62 bits per heavy atom. The third-order valence-corrected chi connectivity index (χ3v) is 4.21. The van der Waals surface area contributed by atoms with Crippen molar-refractivity contribution in [2.45, 2.75) is 37.6 Å². The fourth-order valence-corrected chi connectivity index (χ4v) is 2.78. The van der Waals surface area contributed by atoms with E-state index in [-0.39, 0.29) is 10.0 Å². The van der Waals surface area contributed by atoms with Gasteiger partial charge in [0, 0.05) is 11.7 Å².